The molecule has 39 heavy (non-hydrogen) atoms. The fraction of sp³-hybridized carbons (Fsp3) is 0.0625. The van der Waals surface area contributed by atoms with Crippen LogP contribution in [0.3, 0.4) is 0 Å². The molecule has 2 heterocycles. The summed E-state index contributed by atoms with van der Waals surface area (Å²) < 4.78 is 4.95. The van der Waals surface area contributed by atoms with E-state index >= 15 is 0 Å². The van der Waals surface area contributed by atoms with Crippen molar-refractivity contribution in [1.29, 1.82) is 0 Å². The molecular weight excluding hydrogens is 559 g/mol. The molecule has 0 saturated carbocycles. The molecule has 0 radical (unpaired) electrons. The fourth-order valence-electron chi connectivity index (χ4n) is 5.72. The van der Waals surface area contributed by atoms with E-state index in [-0.39, 0.29) is 24.8 Å². The number of halogens is 2. The standard InChI is InChI=1S/2C16H11N2.2ClH.Ti/c2*1-2-6-13-10-15(9-12(13)5-1)18-11-14-7-3-4-8-16(14)17-18;;;/h2*1-11H;2*1H;/q;;;;+2/p-2. The zero-order valence-electron chi connectivity index (χ0n) is 20.7. The summed E-state index contributed by atoms with van der Waals surface area (Å²) in [7, 11) is 0. The van der Waals surface area contributed by atoms with Crippen LogP contribution in [0.4, 0.5) is 0 Å². The van der Waals surface area contributed by atoms with Gasteiger partial charge < -0.3 is 24.8 Å². The SMILES string of the molecule is C1=C(n2cc3ccccc3n2)[CH]([Ti+2][CH]2C(n3cc4ccccc4n3)=Cc3ccccc32)c2ccccc21.[Cl-].[Cl-]. The summed E-state index contributed by atoms with van der Waals surface area (Å²) in [6.07, 6.45) is 9.07. The minimum Gasteiger partial charge on any atom is -1.00 e. The quantitative estimate of drug-likeness (QED) is 0.295. The number of fused-ring (bicyclic) bond motifs is 4. The molecule has 0 fully saturated rings. The second-order valence-corrected chi connectivity index (χ2v) is 12.0. The maximum Gasteiger partial charge on any atom is -1.00 e. The monoisotopic (exact) mass is 580 g/mol. The molecule has 0 bridgehead atoms. The van der Waals surface area contributed by atoms with E-state index in [2.05, 4.69) is 131 Å². The van der Waals surface area contributed by atoms with Crippen LogP contribution in [0.2, 0.25) is 0 Å². The van der Waals surface area contributed by atoms with E-state index in [1.54, 1.807) is 0 Å². The average Bonchev–Trinajstić information content (AvgIpc) is 3.71. The first-order valence-corrected chi connectivity index (χ1v) is 14.4. The Bertz CT molecular complexity index is 1700. The average molecular weight is 581 g/mol. The Morgan fingerprint density at radius 2 is 0.923 bits per heavy atom. The summed E-state index contributed by atoms with van der Waals surface area (Å²) in [5.41, 5.74) is 10.1. The Morgan fingerprint density at radius 1 is 0.513 bits per heavy atom. The van der Waals surface area contributed by atoms with Gasteiger partial charge >= 0.3 is 224 Å². The zero-order valence-corrected chi connectivity index (χ0v) is 23.8. The number of hydrogen-bond donors (Lipinski definition) is 0. The Labute approximate surface area is 247 Å². The number of hydrogen-bond acceptors (Lipinski definition) is 2. The zero-order chi connectivity index (χ0) is 24.3. The number of rotatable bonds is 4. The first-order valence-electron chi connectivity index (χ1n) is 12.6. The van der Waals surface area contributed by atoms with E-state index in [0.717, 1.165) is 11.0 Å². The molecule has 6 aromatic rings. The van der Waals surface area contributed by atoms with Crippen LogP contribution in [-0.2, 0) is 19.2 Å². The van der Waals surface area contributed by atoms with Gasteiger partial charge in [0.05, 0.1) is 0 Å². The van der Waals surface area contributed by atoms with Gasteiger partial charge in [-0.2, -0.15) is 0 Å². The van der Waals surface area contributed by atoms with Crippen LogP contribution in [0.15, 0.2) is 109 Å². The maximum absolute atomic E-state index is 4.99. The number of nitrogens with zero attached hydrogens (tertiary/aromatic N) is 4. The molecule has 0 saturated heterocycles. The molecule has 7 heteroatoms. The Kier molecular flexibility index (Phi) is 6.82. The van der Waals surface area contributed by atoms with Crippen LogP contribution < -0.4 is 24.8 Å². The van der Waals surface area contributed by atoms with Gasteiger partial charge in [-0.15, -0.1) is 0 Å². The minimum atomic E-state index is -0.595. The molecule has 4 nitrogen and oxygen atoms in total. The molecule has 8 rings (SSSR count). The molecule has 188 valence electrons. The summed E-state index contributed by atoms with van der Waals surface area (Å²) in [4.78, 5) is 0. The van der Waals surface area contributed by atoms with E-state index in [9.17, 15) is 0 Å². The minimum absolute atomic E-state index is 0. The van der Waals surface area contributed by atoms with Crippen LogP contribution in [0.25, 0.3) is 45.4 Å². The van der Waals surface area contributed by atoms with Crippen molar-refractivity contribution < 1.29 is 44.0 Å². The smallest absolute Gasteiger partial charge is 1.00 e. The number of allylic oxidation sites excluding steroid dienone is 2. The van der Waals surface area contributed by atoms with E-state index in [4.69, 9.17) is 10.2 Å². The Morgan fingerprint density at radius 3 is 1.38 bits per heavy atom. The number of aromatic nitrogens is 4. The molecular formula is C32H22Cl2N4Ti. The van der Waals surface area contributed by atoms with Crippen molar-refractivity contribution in [1.82, 2.24) is 19.6 Å². The molecule has 2 aliphatic rings. The third-order valence-corrected chi connectivity index (χ3v) is 10.4. The van der Waals surface area contributed by atoms with Crippen LogP contribution in [0.1, 0.15) is 30.7 Å². The van der Waals surface area contributed by atoms with Crippen molar-refractivity contribution >= 4 is 45.4 Å². The van der Waals surface area contributed by atoms with Crippen molar-refractivity contribution in [2.24, 2.45) is 0 Å². The summed E-state index contributed by atoms with van der Waals surface area (Å²) in [5, 5.41) is 12.3. The largest absolute Gasteiger partial charge is 1.00 e. The van der Waals surface area contributed by atoms with Gasteiger partial charge in [-0.3, -0.25) is 0 Å². The predicted molar refractivity (Wildman–Crippen MR) is 146 cm³/mol. The molecule has 2 aliphatic carbocycles. The topological polar surface area (TPSA) is 35.6 Å². The first kappa shape index (κ1) is 25.8. The summed E-state index contributed by atoms with van der Waals surface area (Å²) in [6, 6.07) is 34.5. The van der Waals surface area contributed by atoms with Crippen molar-refractivity contribution in [3.8, 4) is 0 Å². The Balaban J connectivity index is 0.00000138. The van der Waals surface area contributed by atoms with Gasteiger partial charge in [-0.05, 0) is 0 Å². The van der Waals surface area contributed by atoms with Gasteiger partial charge in [0, 0.05) is 0 Å². The van der Waals surface area contributed by atoms with Gasteiger partial charge in [0.1, 0.15) is 0 Å². The molecule has 0 aliphatic heterocycles. The summed E-state index contributed by atoms with van der Waals surface area (Å²) in [5.74, 6) is 0. The van der Waals surface area contributed by atoms with Gasteiger partial charge in [0.25, 0.3) is 0 Å². The molecule has 2 aromatic heterocycles. The van der Waals surface area contributed by atoms with Crippen molar-refractivity contribution in [2.75, 3.05) is 0 Å². The van der Waals surface area contributed by atoms with Gasteiger partial charge in [0.15, 0.2) is 0 Å². The fourth-order valence-corrected chi connectivity index (χ4v) is 8.83. The van der Waals surface area contributed by atoms with Crippen LogP contribution in [0.5, 0.6) is 0 Å². The van der Waals surface area contributed by atoms with Crippen molar-refractivity contribution in [2.45, 2.75) is 8.45 Å². The number of benzene rings is 4. The van der Waals surface area contributed by atoms with Crippen LogP contribution >= 0.6 is 0 Å². The first-order chi connectivity index (χ1) is 18.3. The van der Waals surface area contributed by atoms with Crippen LogP contribution in [-0.4, -0.2) is 19.6 Å². The molecule has 0 N–H and O–H groups in total. The van der Waals surface area contributed by atoms with E-state index in [0.29, 0.717) is 8.45 Å². The maximum atomic E-state index is 4.99. The van der Waals surface area contributed by atoms with Gasteiger partial charge in [-0.1, -0.05) is 0 Å². The van der Waals surface area contributed by atoms with E-state index in [1.165, 1.54) is 44.4 Å². The van der Waals surface area contributed by atoms with Crippen LogP contribution in [0, 0.1) is 0 Å². The van der Waals surface area contributed by atoms with Crippen molar-refractivity contribution in [3.05, 3.63) is 132 Å². The summed E-state index contributed by atoms with van der Waals surface area (Å²) in [6.45, 7) is 0. The molecule has 4 aromatic carbocycles. The molecule has 0 amide bonds. The predicted octanol–water partition coefficient (Wildman–Crippen LogP) is 1.28. The second-order valence-electron chi connectivity index (χ2n) is 9.69. The third kappa shape index (κ3) is 4.29. The second kappa shape index (κ2) is 10.3. The van der Waals surface area contributed by atoms with Gasteiger partial charge in [-0.25, -0.2) is 0 Å². The Hall–Kier alpha value is -3.41. The third-order valence-electron chi connectivity index (χ3n) is 7.50. The van der Waals surface area contributed by atoms with Crippen molar-refractivity contribution in [3.63, 3.8) is 0 Å². The normalized spacial score (nSPS) is 17.0. The molecule has 2 unspecified atom stereocenters. The summed E-state index contributed by atoms with van der Waals surface area (Å²) >= 11 is -0.595. The van der Waals surface area contributed by atoms with E-state index in [1.807, 2.05) is 0 Å². The molecule has 0 spiro atoms. The van der Waals surface area contributed by atoms with Gasteiger partial charge in [0.2, 0.25) is 0 Å². The van der Waals surface area contributed by atoms with E-state index < -0.39 is 19.2 Å². The molecule has 2 atom stereocenters.